The van der Waals surface area contributed by atoms with Gasteiger partial charge in [0.2, 0.25) is 5.95 Å². The molecule has 21 heavy (non-hydrogen) atoms. The minimum Gasteiger partial charge on any atom is -0.478 e. The Hall–Kier alpha value is -3.02. The van der Waals surface area contributed by atoms with Gasteiger partial charge in [-0.05, 0) is 13.0 Å². The Morgan fingerprint density at radius 3 is 2.43 bits per heavy atom. The maximum absolute atomic E-state index is 11.4. The Morgan fingerprint density at radius 2 is 1.81 bits per heavy atom. The van der Waals surface area contributed by atoms with Crippen molar-refractivity contribution in [3.8, 4) is 17.2 Å². The molecule has 2 heterocycles. The second kappa shape index (κ2) is 5.16. The van der Waals surface area contributed by atoms with Crippen molar-refractivity contribution < 1.29 is 9.90 Å². The first-order valence-electron chi connectivity index (χ1n) is 6.32. The molecule has 3 rings (SSSR count). The number of benzene rings is 1. The first kappa shape index (κ1) is 13.0. The third kappa shape index (κ3) is 2.51. The zero-order valence-corrected chi connectivity index (χ0v) is 11.3. The van der Waals surface area contributed by atoms with E-state index in [4.69, 9.17) is 0 Å². The highest BCUT2D eigenvalue weighted by Gasteiger charge is 2.18. The number of hydrogen-bond acceptors (Lipinski definition) is 4. The van der Waals surface area contributed by atoms with Crippen LogP contribution in [0.1, 0.15) is 15.9 Å². The first-order chi connectivity index (χ1) is 10.1. The lowest BCUT2D eigenvalue weighted by atomic mass is 10.1. The van der Waals surface area contributed by atoms with E-state index in [1.54, 1.807) is 18.5 Å². The molecule has 0 bridgehead atoms. The molecule has 0 atom stereocenters. The predicted octanol–water partition coefficient (Wildman–Crippen LogP) is 2.34. The molecule has 0 aliphatic heterocycles. The van der Waals surface area contributed by atoms with Gasteiger partial charge in [-0.25, -0.2) is 19.4 Å². The second-order valence-electron chi connectivity index (χ2n) is 4.56. The molecule has 0 aliphatic carbocycles. The van der Waals surface area contributed by atoms with Gasteiger partial charge in [0.05, 0.1) is 0 Å². The first-order valence-corrected chi connectivity index (χ1v) is 6.32. The number of carboxylic acid groups (broad SMARTS) is 1. The van der Waals surface area contributed by atoms with Gasteiger partial charge in [-0.1, -0.05) is 29.8 Å². The standard InChI is InChI=1S/C15H12N4O2/c1-10-3-5-11(6-4-10)13-12(14(20)21)9-19(18-13)15-16-7-2-8-17-15/h2-9H,1H3,(H,20,21). The van der Waals surface area contributed by atoms with Crippen LogP contribution in [0.4, 0.5) is 0 Å². The number of carboxylic acids is 1. The highest BCUT2D eigenvalue weighted by atomic mass is 16.4. The number of rotatable bonds is 3. The Morgan fingerprint density at radius 1 is 1.14 bits per heavy atom. The van der Waals surface area contributed by atoms with Gasteiger partial charge in [-0.3, -0.25) is 0 Å². The molecule has 0 fully saturated rings. The van der Waals surface area contributed by atoms with E-state index in [1.165, 1.54) is 10.9 Å². The van der Waals surface area contributed by atoms with E-state index in [9.17, 15) is 9.90 Å². The molecule has 1 aromatic carbocycles. The van der Waals surface area contributed by atoms with Gasteiger partial charge in [0, 0.05) is 24.2 Å². The summed E-state index contributed by atoms with van der Waals surface area (Å²) in [5.74, 6) is -0.703. The summed E-state index contributed by atoms with van der Waals surface area (Å²) in [6.45, 7) is 1.97. The van der Waals surface area contributed by atoms with Gasteiger partial charge in [0.15, 0.2) is 0 Å². The Kier molecular flexibility index (Phi) is 3.19. The number of aromatic nitrogens is 4. The van der Waals surface area contributed by atoms with Crippen LogP contribution < -0.4 is 0 Å². The van der Waals surface area contributed by atoms with Crippen molar-refractivity contribution >= 4 is 5.97 Å². The van der Waals surface area contributed by atoms with Crippen LogP contribution in [0, 0.1) is 6.92 Å². The van der Waals surface area contributed by atoms with Crippen molar-refractivity contribution in [1.29, 1.82) is 0 Å². The molecule has 2 aromatic heterocycles. The maximum Gasteiger partial charge on any atom is 0.339 e. The topological polar surface area (TPSA) is 80.9 Å². The molecule has 0 spiro atoms. The van der Waals surface area contributed by atoms with Crippen molar-refractivity contribution in [3.63, 3.8) is 0 Å². The maximum atomic E-state index is 11.4. The third-order valence-electron chi connectivity index (χ3n) is 3.03. The largest absolute Gasteiger partial charge is 0.478 e. The van der Waals surface area contributed by atoms with E-state index in [2.05, 4.69) is 15.1 Å². The number of carbonyl (C=O) groups is 1. The molecule has 0 radical (unpaired) electrons. The van der Waals surface area contributed by atoms with Crippen LogP contribution in [0.15, 0.2) is 48.9 Å². The zero-order valence-electron chi connectivity index (χ0n) is 11.3. The number of aromatic carboxylic acids is 1. The Balaban J connectivity index is 2.14. The zero-order chi connectivity index (χ0) is 14.8. The summed E-state index contributed by atoms with van der Waals surface area (Å²) in [6, 6.07) is 9.21. The van der Waals surface area contributed by atoms with E-state index in [0.717, 1.165) is 11.1 Å². The van der Waals surface area contributed by atoms with E-state index in [0.29, 0.717) is 11.6 Å². The summed E-state index contributed by atoms with van der Waals surface area (Å²) in [4.78, 5) is 19.5. The number of aryl methyl sites for hydroxylation is 1. The summed E-state index contributed by atoms with van der Waals surface area (Å²) in [7, 11) is 0. The fourth-order valence-corrected chi connectivity index (χ4v) is 1.97. The summed E-state index contributed by atoms with van der Waals surface area (Å²) in [5, 5.41) is 13.7. The normalized spacial score (nSPS) is 10.5. The number of nitrogens with zero attached hydrogens (tertiary/aromatic N) is 4. The van der Waals surface area contributed by atoms with Gasteiger partial charge >= 0.3 is 5.97 Å². The van der Waals surface area contributed by atoms with Crippen molar-refractivity contribution in [1.82, 2.24) is 19.7 Å². The molecule has 0 saturated carbocycles. The van der Waals surface area contributed by atoms with Crippen LogP contribution in [-0.2, 0) is 0 Å². The molecule has 0 saturated heterocycles. The van der Waals surface area contributed by atoms with Gasteiger partial charge in [0.1, 0.15) is 11.3 Å². The molecule has 104 valence electrons. The summed E-state index contributed by atoms with van der Waals surface area (Å²) in [5.41, 5.74) is 2.36. The SMILES string of the molecule is Cc1ccc(-c2nn(-c3ncccn3)cc2C(=O)O)cc1. The van der Waals surface area contributed by atoms with Crippen LogP contribution in [-0.4, -0.2) is 30.8 Å². The van der Waals surface area contributed by atoms with Gasteiger partial charge in [-0.15, -0.1) is 0 Å². The van der Waals surface area contributed by atoms with Crippen molar-refractivity contribution in [2.24, 2.45) is 0 Å². The lowest BCUT2D eigenvalue weighted by Crippen LogP contribution is -2.00. The second-order valence-corrected chi connectivity index (χ2v) is 4.56. The minimum absolute atomic E-state index is 0.117. The minimum atomic E-state index is -1.03. The smallest absolute Gasteiger partial charge is 0.339 e. The van der Waals surface area contributed by atoms with E-state index in [-0.39, 0.29) is 5.56 Å². The average molecular weight is 280 g/mol. The van der Waals surface area contributed by atoms with Crippen LogP contribution in [0.2, 0.25) is 0 Å². The highest BCUT2D eigenvalue weighted by molar-refractivity contribution is 5.94. The van der Waals surface area contributed by atoms with Crippen molar-refractivity contribution in [2.75, 3.05) is 0 Å². The molecule has 0 aliphatic rings. The highest BCUT2D eigenvalue weighted by Crippen LogP contribution is 2.23. The summed E-state index contributed by atoms with van der Waals surface area (Å²) in [6.07, 6.45) is 4.58. The van der Waals surface area contributed by atoms with E-state index >= 15 is 0 Å². The molecule has 1 N–H and O–H groups in total. The summed E-state index contributed by atoms with van der Waals surface area (Å²) < 4.78 is 1.37. The van der Waals surface area contributed by atoms with E-state index < -0.39 is 5.97 Å². The lowest BCUT2D eigenvalue weighted by Gasteiger charge is -2.00. The molecule has 0 amide bonds. The molecular weight excluding hydrogens is 268 g/mol. The molecule has 6 heteroatoms. The number of hydrogen-bond donors (Lipinski definition) is 1. The quantitative estimate of drug-likeness (QED) is 0.796. The van der Waals surface area contributed by atoms with E-state index in [1.807, 2.05) is 31.2 Å². The average Bonchev–Trinajstić information content (AvgIpc) is 2.94. The molecule has 3 aromatic rings. The van der Waals surface area contributed by atoms with Gasteiger partial charge in [0.25, 0.3) is 0 Å². The van der Waals surface area contributed by atoms with Crippen LogP contribution in [0.3, 0.4) is 0 Å². The fraction of sp³-hybridized carbons (Fsp3) is 0.0667. The Labute approximate surface area is 120 Å². The predicted molar refractivity (Wildman–Crippen MR) is 76.3 cm³/mol. The fourth-order valence-electron chi connectivity index (χ4n) is 1.97. The van der Waals surface area contributed by atoms with Crippen LogP contribution in [0.25, 0.3) is 17.2 Å². The van der Waals surface area contributed by atoms with Gasteiger partial charge < -0.3 is 5.11 Å². The summed E-state index contributed by atoms with van der Waals surface area (Å²) >= 11 is 0. The molecular formula is C15H12N4O2. The molecule has 6 nitrogen and oxygen atoms in total. The van der Waals surface area contributed by atoms with Crippen LogP contribution >= 0.6 is 0 Å². The monoisotopic (exact) mass is 280 g/mol. The molecule has 0 unspecified atom stereocenters. The van der Waals surface area contributed by atoms with Crippen molar-refractivity contribution in [2.45, 2.75) is 6.92 Å². The third-order valence-corrected chi connectivity index (χ3v) is 3.03. The van der Waals surface area contributed by atoms with Crippen molar-refractivity contribution in [3.05, 3.63) is 60.0 Å². The van der Waals surface area contributed by atoms with Crippen LogP contribution in [0.5, 0.6) is 0 Å². The Bertz CT molecular complexity index is 779. The lowest BCUT2D eigenvalue weighted by molar-refractivity contribution is 0.0697. The van der Waals surface area contributed by atoms with Gasteiger partial charge in [-0.2, -0.15) is 5.10 Å².